The first-order valence-electron chi connectivity index (χ1n) is 12.1. The summed E-state index contributed by atoms with van der Waals surface area (Å²) in [5, 5.41) is 5.46. The van der Waals surface area contributed by atoms with Crippen molar-refractivity contribution in [2.75, 3.05) is 19.6 Å². The van der Waals surface area contributed by atoms with E-state index >= 15 is 0 Å². The van der Waals surface area contributed by atoms with Crippen molar-refractivity contribution in [1.82, 2.24) is 19.6 Å². The van der Waals surface area contributed by atoms with Crippen LogP contribution in [0.4, 0.5) is 4.39 Å². The van der Waals surface area contributed by atoms with Crippen LogP contribution in [-0.2, 0) is 19.5 Å². The molecule has 178 valence electrons. The molecule has 7 heteroatoms. The van der Waals surface area contributed by atoms with Gasteiger partial charge in [0.1, 0.15) is 11.5 Å². The van der Waals surface area contributed by atoms with Gasteiger partial charge in [0.15, 0.2) is 0 Å². The summed E-state index contributed by atoms with van der Waals surface area (Å²) in [4.78, 5) is 17.8. The molecule has 0 N–H and O–H groups in total. The Morgan fingerprint density at radius 1 is 1.21 bits per heavy atom. The van der Waals surface area contributed by atoms with Crippen LogP contribution in [0.15, 0.2) is 48.5 Å². The van der Waals surface area contributed by atoms with E-state index in [1.54, 1.807) is 28.9 Å². The summed E-state index contributed by atoms with van der Waals surface area (Å²) in [5.41, 5.74) is 4.08. The van der Waals surface area contributed by atoms with E-state index in [2.05, 4.69) is 11.8 Å². The predicted octanol–water partition coefficient (Wildman–Crippen LogP) is 5.49. The zero-order valence-corrected chi connectivity index (χ0v) is 20.3. The minimum absolute atomic E-state index is 0.0372. The zero-order chi connectivity index (χ0) is 23.7. The second-order valence-electron chi connectivity index (χ2n) is 9.40. The van der Waals surface area contributed by atoms with Gasteiger partial charge >= 0.3 is 0 Å². The number of nitrogens with zero attached hydrogens (tertiary/aromatic N) is 4. The summed E-state index contributed by atoms with van der Waals surface area (Å²) >= 11 is 6.17. The SMILES string of the molecule is CCCN1CCc2c(c(CN(CC3CC3)C(=O)c3cccc(Cl)c3)nn2-c2ccccc2F)C1. The van der Waals surface area contributed by atoms with Gasteiger partial charge in [0, 0.05) is 42.2 Å². The van der Waals surface area contributed by atoms with Crippen LogP contribution in [0.3, 0.4) is 0 Å². The van der Waals surface area contributed by atoms with Crippen LogP contribution < -0.4 is 0 Å². The number of hydrogen-bond donors (Lipinski definition) is 0. The normalized spacial score (nSPS) is 15.9. The van der Waals surface area contributed by atoms with E-state index in [0.29, 0.717) is 35.3 Å². The van der Waals surface area contributed by atoms with Crippen molar-refractivity contribution in [2.24, 2.45) is 5.92 Å². The topological polar surface area (TPSA) is 41.4 Å². The van der Waals surface area contributed by atoms with Gasteiger partial charge in [0.25, 0.3) is 5.91 Å². The lowest BCUT2D eigenvalue weighted by atomic mass is 10.0. The van der Waals surface area contributed by atoms with Crippen LogP contribution in [0.2, 0.25) is 5.02 Å². The summed E-state index contributed by atoms with van der Waals surface area (Å²) < 4.78 is 16.5. The Morgan fingerprint density at radius 3 is 2.76 bits per heavy atom. The number of halogens is 2. The first-order valence-corrected chi connectivity index (χ1v) is 12.5. The molecule has 2 heterocycles. The number of amides is 1. The third kappa shape index (κ3) is 4.89. The van der Waals surface area contributed by atoms with Gasteiger partial charge in [-0.1, -0.05) is 36.7 Å². The number of carbonyl (C=O) groups is 1. The molecule has 1 amide bonds. The minimum Gasteiger partial charge on any atom is -0.332 e. The van der Waals surface area contributed by atoms with E-state index in [9.17, 15) is 9.18 Å². The summed E-state index contributed by atoms with van der Waals surface area (Å²) in [5.74, 6) is 0.203. The molecule has 0 spiro atoms. The van der Waals surface area contributed by atoms with E-state index in [-0.39, 0.29) is 11.7 Å². The molecule has 0 radical (unpaired) electrons. The van der Waals surface area contributed by atoms with Crippen molar-refractivity contribution in [3.8, 4) is 5.69 Å². The van der Waals surface area contributed by atoms with E-state index in [4.69, 9.17) is 16.7 Å². The van der Waals surface area contributed by atoms with Crippen LogP contribution in [0.1, 0.15) is 53.5 Å². The van der Waals surface area contributed by atoms with Crippen LogP contribution >= 0.6 is 11.6 Å². The molecule has 2 aliphatic rings. The maximum absolute atomic E-state index is 14.7. The molecule has 34 heavy (non-hydrogen) atoms. The third-order valence-corrected chi connectivity index (χ3v) is 6.95. The van der Waals surface area contributed by atoms with E-state index in [1.807, 2.05) is 23.1 Å². The van der Waals surface area contributed by atoms with Crippen molar-refractivity contribution in [3.63, 3.8) is 0 Å². The number of rotatable bonds is 8. The van der Waals surface area contributed by atoms with Crippen molar-refractivity contribution in [2.45, 2.75) is 45.7 Å². The summed E-state index contributed by atoms with van der Waals surface area (Å²) in [6, 6.07) is 13.9. The van der Waals surface area contributed by atoms with Crippen molar-refractivity contribution in [3.05, 3.63) is 81.9 Å². The quantitative estimate of drug-likeness (QED) is 0.428. The summed E-state index contributed by atoms with van der Waals surface area (Å²) in [6.45, 7) is 6.00. The number of fused-ring (bicyclic) bond motifs is 1. The minimum atomic E-state index is -0.292. The molecule has 0 bridgehead atoms. The Balaban J connectivity index is 1.52. The van der Waals surface area contributed by atoms with E-state index < -0.39 is 0 Å². The molecule has 1 fully saturated rings. The molecular weight excluding hydrogens is 451 g/mol. The highest BCUT2D eigenvalue weighted by Gasteiger charge is 2.31. The average molecular weight is 481 g/mol. The zero-order valence-electron chi connectivity index (χ0n) is 19.5. The van der Waals surface area contributed by atoms with E-state index in [0.717, 1.165) is 62.3 Å². The second kappa shape index (κ2) is 9.88. The predicted molar refractivity (Wildman–Crippen MR) is 132 cm³/mol. The monoisotopic (exact) mass is 480 g/mol. The maximum atomic E-state index is 14.7. The van der Waals surface area contributed by atoms with Gasteiger partial charge in [-0.2, -0.15) is 5.10 Å². The Morgan fingerprint density at radius 2 is 2.03 bits per heavy atom. The maximum Gasteiger partial charge on any atom is 0.254 e. The highest BCUT2D eigenvalue weighted by molar-refractivity contribution is 6.30. The standard InChI is InChI=1S/C27H30ClFN4O/c1-2-13-31-14-12-25-22(17-31)24(30-33(25)26-9-4-3-8-23(26)29)18-32(16-19-10-11-19)27(34)20-6-5-7-21(28)15-20/h3-9,15,19H,2,10-14,16-18H2,1H3. The van der Waals surface area contributed by atoms with Gasteiger partial charge in [0.2, 0.25) is 0 Å². The molecule has 3 aromatic rings. The van der Waals surface area contributed by atoms with Gasteiger partial charge < -0.3 is 4.90 Å². The largest absolute Gasteiger partial charge is 0.332 e. The fraction of sp³-hybridized carbons (Fsp3) is 0.407. The fourth-order valence-corrected chi connectivity index (χ4v) is 5.01. The van der Waals surface area contributed by atoms with Gasteiger partial charge in [-0.3, -0.25) is 9.69 Å². The summed E-state index contributed by atoms with van der Waals surface area (Å²) in [6.07, 6.45) is 4.17. The Labute approximate surface area is 205 Å². The highest BCUT2D eigenvalue weighted by atomic mass is 35.5. The lowest BCUT2D eigenvalue weighted by molar-refractivity contribution is 0.0731. The Bertz CT molecular complexity index is 1190. The lowest BCUT2D eigenvalue weighted by Gasteiger charge is -2.28. The van der Waals surface area contributed by atoms with Gasteiger partial charge in [-0.25, -0.2) is 9.07 Å². The molecule has 1 aliphatic heterocycles. The fourth-order valence-electron chi connectivity index (χ4n) is 4.81. The Kier molecular flexibility index (Phi) is 6.70. The van der Waals surface area contributed by atoms with Crippen LogP contribution in [0.25, 0.3) is 5.69 Å². The molecule has 0 unspecified atom stereocenters. The van der Waals surface area contributed by atoms with Gasteiger partial charge in [-0.05, 0) is 62.1 Å². The molecular formula is C27H30ClFN4O. The highest BCUT2D eigenvalue weighted by Crippen LogP contribution is 2.32. The Hall–Kier alpha value is -2.70. The number of carbonyl (C=O) groups excluding carboxylic acids is 1. The van der Waals surface area contributed by atoms with Crippen LogP contribution in [0.5, 0.6) is 0 Å². The van der Waals surface area contributed by atoms with Gasteiger partial charge in [0.05, 0.1) is 17.9 Å². The molecule has 1 aliphatic carbocycles. The van der Waals surface area contributed by atoms with Crippen molar-refractivity contribution < 1.29 is 9.18 Å². The first-order chi connectivity index (χ1) is 16.5. The van der Waals surface area contributed by atoms with Crippen molar-refractivity contribution in [1.29, 1.82) is 0 Å². The molecule has 5 rings (SSSR count). The number of benzene rings is 2. The van der Waals surface area contributed by atoms with Gasteiger partial charge in [-0.15, -0.1) is 0 Å². The number of aromatic nitrogens is 2. The molecule has 1 saturated carbocycles. The van der Waals surface area contributed by atoms with Crippen molar-refractivity contribution >= 4 is 17.5 Å². The smallest absolute Gasteiger partial charge is 0.254 e. The molecule has 5 nitrogen and oxygen atoms in total. The first kappa shape index (κ1) is 23.1. The lowest BCUT2D eigenvalue weighted by Crippen LogP contribution is -2.34. The molecule has 2 aromatic carbocycles. The molecule has 0 atom stereocenters. The third-order valence-electron chi connectivity index (χ3n) is 6.72. The van der Waals surface area contributed by atoms with Crippen LogP contribution in [0, 0.1) is 11.7 Å². The number of hydrogen-bond acceptors (Lipinski definition) is 3. The van der Waals surface area contributed by atoms with Crippen LogP contribution in [-0.4, -0.2) is 45.1 Å². The molecule has 1 aromatic heterocycles. The second-order valence-corrected chi connectivity index (χ2v) is 9.84. The molecule has 0 saturated heterocycles. The number of para-hydroxylation sites is 1. The average Bonchev–Trinajstić information content (AvgIpc) is 3.59. The van der Waals surface area contributed by atoms with E-state index in [1.165, 1.54) is 6.07 Å². The summed E-state index contributed by atoms with van der Waals surface area (Å²) in [7, 11) is 0.